The van der Waals surface area contributed by atoms with Crippen molar-refractivity contribution >= 4 is 5.97 Å². The van der Waals surface area contributed by atoms with E-state index in [1.807, 2.05) is 12.2 Å². The van der Waals surface area contributed by atoms with Crippen LogP contribution < -0.4 is 0 Å². The molecule has 1 heterocycles. The summed E-state index contributed by atoms with van der Waals surface area (Å²) in [4.78, 5) is 11.0. The number of rotatable bonds is 12. The summed E-state index contributed by atoms with van der Waals surface area (Å²) in [6.07, 6.45) is 26.9. The normalized spacial score (nSPS) is 20.1. The van der Waals surface area contributed by atoms with Gasteiger partial charge in [0.2, 0.25) is 0 Å². The highest BCUT2D eigenvalue weighted by atomic mass is 16.6. The number of hydrogen-bond donors (Lipinski definition) is 1. The lowest BCUT2D eigenvalue weighted by molar-refractivity contribution is -0.145. The van der Waals surface area contributed by atoms with E-state index in [1.54, 1.807) is 0 Å². The van der Waals surface area contributed by atoms with Gasteiger partial charge in [-0.2, -0.15) is 0 Å². The second kappa shape index (κ2) is 14.5. The monoisotopic (exact) mass is 344 g/mol. The largest absolute Gasteiger partial charge is 0.460 e. The summed E-state index contributed by atoms with van der Waals surface area (Å²) in [6.45, 7) is 2.14. The van der Waals surface area contributed by atoms with Crippen molar-refractivity contribution in [1.82, 2.24) is 0 Å². The topological polar surface area (TPSA) is 46.5 Å². The third kappa shape index (κ3) is 11.3. The van der Waals surface area contributed by atoms with Crippen LogP contribution in [0.3, 0.4) is 0 Å². The zero-order valence-corrected chi connectivity index (χ0v) is 15.3. The molecule has 1 aliphatic rings. The number of aliphatic hydroxyl groups is 1. The Morgan fingerprint density at radius 2 is 1.40 bits per heavy atom. The highest BCUT2D eigenvalue weighted by molar-refractivity contribution is 5.71. The van der Waals surface area contributed by atoms with Gasteiger partial charge in [-0.3, -0.25) is 4.79 Å². The van der Waals surface area contributed by atoms with Gasteiger partial charge < -0.3 is 9.84 Å². The Labute approximate surface area is 152 Å². The Hall–Kier alpha value is -1.87. The quantitative estimate of drug-likeness (QED) is 0.391. The molecule has 0 amide bonds. The summed E-state index contributed by atoms with van der Waals surface area (Å²) in [7, 11) is 0. The van der Waals surface area contributed by atoms with Crippen LogP contribution in [0.1, 0.15) is 58.3 Å². The van der Waals surface area contributed by atoms with Gasteiger partial charge in [0.05, 0.1) is 6.10 Å². The molecular weight excluding hydrogens is 312 g/mol. The minimum atomic E-state index is -0.583. The summed E-state index contributed by atoms with van der Waals surface area (Å²) in [5.74, 6) is -0.201. The number of hydrogen-bond acceptors (Lipinski definition) is 3. The number of carbonyl (C=O) groups excluding carboxylic acids is 1. The van der Waals surface area contributed by atoms with E-state index in [4.69, 9.17) is 4.74 Å². The Morgan fingerprint density at radius 3 is 1.84 bits per heavy atom. The molecule has 0 saturated carbocycles. The lowest BCUT2D eigenvalue weighted by Crippen LogP contribution is -2.24. The summed E-state index contributed by atoms with van der Waals surface area (Å²) in [5.41, 5.74) is 0. The van der Waals surface area contributed by atoms with Gasteiger partial charge in [-0.1, -0.05) is 67.7 Å². The van der Waals surface area contributed by atoms with E-state index in [1.165, 1.54) is 0 Å². The van der Waals surface area contributed by atoms with Crippen LogP contribution in [0.2, 0.25) is 0 Å². The SMILES string of the molecule is CC/C=C\C/C=C\C/C=C\C/C=C\C/C=C\C[C@H](O)[C@@H]1CCC(=O)O1. The lowest BCUT2D eigenvalue weighted by atomic mass is 10.1. The molecule has 1 aliphatic heterocycles. The number of ether oxygens (including phenoxy) is 1. The smallest absolute Gasteiger partial charge is 0.306 e. The van der Waals surface area contributed by atoms with Crippen LogP contribution >= 0.6 is 0 Å². The van der Waals surface area contributed by atoms with Crippen LogP contribution in [0, 0.1) is 0 Å². The second-order valence-corrected chi connectivity index (χ2v) is 6.08. The van der Waals surface area contributed by atoms with Crippen molar-refractivity contribution in [3.8, 4) is 0 Å². The van der Waals surface area contributed by atoms with Crippen LogP contribution in [0.15, 0.2) is 60.8 Å². The van der Waals surface area contributed by atoms with Gasteiger partial charge in [0.15, 0.2) is 0 Å². The summed E-state index contributed by atoms with van der Waals surface area (Å²) in [6, 6.07) is 0. The number of carbonyl (C=O) groups is 1. The Kier molecular flexibility index (Phi) is 12.3. The molecule has 138 valence electrons. The first-order valence-electron chi connectivity index (χ1n) is 9.36. The lowest BCUT2D eigenvalue weighted by Gasteiger charge is -2.14. The molecule has 1 N–H and O–H groups in total. The van der Waals surface area contributed by atoms with Crippen LogP contribution in [-0.4, -0.2) is 23.3 Å². The maximum absolute atomic E-state index is 11.0. The second-order valence-electron chi connectivity index (χ2n) is 6.08. The minimum Gasteiger partial charge on any atom is -0.460 e. The van der Waals surface area contributed by atoms with Gasteiger partial charge in [-0.25, -0.2) is 0 Å². The van der Waals surface area contributed by atoms with Crippen molar-refractivity contribution in [2.75, 3.05) is 0 Å². The summed E-state index contributed by atoms with van der Waals surface area (Å²) >= 11 is 0. The third-order valence-corrected chi connectivity index (χ3v) is 3.88. The number of aliphatic hydroxyl groups excluding tert-OH is 1. The van der Waals surface area contributed by atoms with Crippen LogP contribution in [0.4, 0.5) is 0 Å². The molecule has 0 radical (unpaired) electrons. The molecule has 0 aromatic rings. The molecule has 1 fully saturated rings. The van der Waals surface area contributed by atoms with Gasteiger partial charge in [-0.05, 0) is 44.9 Å². The molecule has 1 rings (SSSR count). The Balaban J connectivity index is 2.01. The van der Waals surface area contributed by atoms with Crippen molar-refractivity contribution in [1.29, 1.82) is 0 Å². The Morgan fingerprint density at radius 1 is 0.920 bits per heavy atom. The van der Waals surface area contributed by atoms with Crippen molar-refractivity contribution in [2.24, 2.45) is 0 Å². The predicted molar refractivity (Wildman–Crippen MR) is 104 cm³/mol. The van der Waals surface area contributed by atoms with Gasteiger partial charge in [0.1, 0.15) is 6.10 Å². The summed E-state index contributed by atoms with van der Waals surface area (Å²) in [5, 5.41) is 9.91. The molecule has 0 aromatic heterocycles. The van der Waals surface area contributed by atoms with Gasteiger partial charge in [0.25, 0.3) is 0 Å². The van der Waals surface area contributed by atoms with E-state index in [0.717, 1.165) is 32.1 Å². The predicted octanol–water partition coefficient (Wildman–Crippen LogP) is 5.19. The highest BCUT2D eigenvalue weighted by Crippen LogP contribution is 2.19. The van der Waals surface area contributed by atoms with E-state index < -0.39 is 6.10 Å². The van der Waals surface area contributed by atoms with Crippen LogP contribution in [0.25, 0.3) is 0 Å². The van der Waals surface area contributed by atoms with E-state index in [0.29, 0.717) is 19.3 Å². The zero-order valence-electron chi connectivity index (χ0n) is 15.3. The Bertz CT molecular complexity index is 497. The van der Waals surface area contributed by atoms with Crippen molar-refractivity contribution in [3.63, 3.8) is 0 Å². The first-order valence-corrected chi connectivity index (χ1v) is 9.36. The molecule has 3 heteroatoms. The highest BCUT2D eigenvalue weighted by Gasteiger charge is 2.28. The van der Waals surface area contributed by atoms with Gasteiger partial charge in [-0.15, -0.1) is 0 Å². The molecule has 3 nitrogen and oxygen atoms in total. The molecule has 2 atom stereocenters. The number of allylic oxidation sites excluding steroid dienone is 9. The van der Waals surface area contributed by atoms with E-state index in [-0.39, 0.29) is 12.1 Å². The fourth-order valence-corrected chi connectivity index (χ4v) is 2.46. The first kappa shape index (κ1) is 21.2. The molecule has 25 heavy (non-hydrogen) atoms. The summed E-state index contributed by atoms with van der Waals surface area (Å²) < 4.78 is 5.05. The molecule has 0 spiro atoms. The molecule has 0 bridgehead atoms. The molecule has 1 saturated heterocycles. The van der Waals surface area contributed by atoms with Crippen molar-refractivity contribution in [3.05, 3.63) is 60.8 Å². The van der Waals surface area contributed by atoms with Crippen molar-refractivity contribution in [2.45, 2.75) is 70.5 Å². The number of esters is 1. The maximum atomic E-state index is 11.0. The van der Waals surface area contributed by atoms with Gasteiger partial charge >= 0.3 is 5.97 Å². The maximum Gasteiger partial charge on any atom is 0.306 e. The third-order valence-electron chi connectivity index (χ3n) is 3.88. The van der Waals surface area contributed by atoms with E-state index in [2.05, 4.69) is 55.5 Å². The van der Waals surface area contributed by atoms with E-state index in [9.17, 15) is 9.90 Å². The molecule has 0 aromatic carbocycles. The molecule has 0 aliphatic carbocycles. The van der Waals surface area contributed by atoms with Crippen molar-refractivity contribution < 1.29 is 14.6 Å². The number of cyclic esters (lactones) is 1. The average molecular weight is 344 g/mol. The van der Waals surface area contributed by atoms with Gasteiger partial charge in [0, 0.05) is 6.42 Å². The van der Waals surface area contributed by atoms with Crippen LogP contribution in [-0.2, 0) is 9.53 Å². The fourth-order valence-electron chi connectivity index (χ4n) is 2.46. The fraction of sp³-hybridized carbons (Fsp3) is 0.500. The molecule has 0 unspecified atom stereocenters. The average Bonchev–Trinajstić information content (AvgIpc) is 3.04. The van der Waals surface area contributed by atoms with E-state index >= 15 is 0 Å². The van der Waals surface area contributed by atoms with Crippen LogP contribution in [0.5, 0.6) is 0 Å². The minimum absolute atomic E-state index is 0.201. The zero-order chi connectivity index (χ0) is 18.2. The molecular formula is C22H32O3. The standard InChI is InChI=1S/C22H32O3/c1-2-3-4-5-6-7-8-9-10-11-12-13-14-15-16-17-20(23)21-18-19-22(24)25-21/h3-4,6-7,9-10,12-13,15-16,20-21,23H,2,5,8,11,14,17-19H2,1H3/b4-3-,7-6-,10-9-,13-12-,16-15-/t20-,21-/m0/s1. The first-order chi connectivity index (χ1) is 12.2.